The molecule has 0 spiro atoms. The Morgan fingerprint density at radius 1 is 1.15 bits per heavy atom. The van der Waals surface area contributed by atoms with E-state index >= 15 is 0 Å². The van der Waals surface area contributed by atoms with E-state index in [2.05, 4.69) is 37.9 Å². The highest BCUT2D eigenvalue weighted by atomic mass is 16.5. The lowest BCUT2D eigenvalue weighted by Crippen LogP contribution is -2.35. The highest BCUT2D eigenvalue weighted by Gasteiger charge is 2.19. The molecule has 2 aromatic carbocycles. The lowest BCUT2D eigenvalue weighted by atomic mass is 10.1. The van der Waals surface area contributed by atoms with Crippen LogP contribution in [-0.4, -0.2) is 52.4 Å². The minimum Gasteiger partial charge on any atom is -0.507 e. The van der Waals surface area contributed by atoms with Gasteiger partial charge in [0.05, 0.1) is 13.2 Å². The maximum atomic E-state index is 12.2. The predicted octanol–water partition coefficient (Wildman–Crippen LogP) is 3.02. The Balaban J connectivity index is 1.43. The summed E-state index contributed by atoms with van der Waals surface area (Å²) in [5, 5.41) is 23.4. The van der Waals surface area contributed by atoms with Gasteiger partial charge in [0.1, 0.15) is 17.1 Å². The number of carbonyl (C=O) groups is 1. The summed E-state index contributed by atoms with van der Waals surface area (Å²) in [6.07, 6.45) is 0. The maximum Gasteiger partial charge on any atom is 0.256 e. The van der Waals surface area contributed by atoms with Crippen LogP contribution in [-0.2, 0) is 17.8 Å². The molecule has 9 nitrogen and oxygen atoms in total. The Hall–Kier alpha value is -3.56. The van der Waals surface area contributed by atoms with E-state index in [1.807, 2.05) is 38.1 Å². The number of nitrogens with one attached hydrogen (secondary N) is 3. The van der Waals surface area contributed by atoms with Gasteiger partial charge in [0.25, 0.3) is 5.91 Å². The normalized spacial score (nSPS) is 14.2. The van der Waals surface area contributed by atoms with E-state index in [0.717, 1.165) is 55.2 Å². The molecule has 33 heavy (non-hydrogen) atoms. The monoisotopic (exact) mass is 450 g/mol. The van der Waals surface area contributed by atoms with Crippen molar-refractivity contribution in [2.24, 2.45) is 5.73 Å². The number of carbonyl (C=O) groups excluding carboxylic acids is 1. The molecular formula is C24H30N6O3. The summed E-state index contributed by atoms with van der Waals surface area (Å²) in [7, 11) is 0. The fourth-order valence-electron chi connectivity index (χ4n) is 3.99. The number of hydrogen-bond donors (Lipinski definition) is 5. The molecule has 0 radical (unpaired) electrons. The number of ether oxygens (including phenoxy) is 1. The molecular weight excluding hydrogens is 420 g/mol. The number of aromatic hydroxyl groups is 1. The minimum atomic E-state index is -0.587. The molecule has 0 unspecified atom stereocenters. The van der Waals surface area contributed by atoms with Gasteiger partial charge in [0.15, 0.2) is 5.82 Å². The number of nitrogens with two attached hydrogens (primary N) is 1. The van der Waals surface area contributed by atoms with Crippen LogP contribution in [0.3, 0.4) is 0 Å². The van der Waals surface area contributed by atoms with Crippen molar-refractivity contribution in [1.82, 2.24) is 15.1 Å². The average Bonchev–Trinajstić information content (AvgIpc) is 3.20. The molecule has 1 aliphatic rings. The van der Waals surface area contributed by atoms with Crippen LogP contribution in [0.25, 0.3) is 0 Å². The number of hydrogen-bond acceptors (Lipinski definition) is 7. The molecule has 0 atom stereocenters. The third-order valence-electron chi connectivity index (χ3n) is 5.76. The lowest BCUT2D eigenvalue weighted by Gasteiger charge is -2.26. The van der Waals surface area contributed by atoms with Gasteiger partial charge in [-0.25, -0.2) is 0 Å². The number of aromatic nitrogens is 2. The van der Waals surface area contributed by atoms with Crippen molar-refractivity contribution in [1.29, 1.82) is 0 Å². The standard InChI is InChI=1S/C24H30N6O3/c1-15-11-18(12-16(2)21(15)31)13-26-23-20(22(25)32)24(29-28-23)27-19-5-3-17(4-6-19)14-30-7-9-33-10-8-30/h3-6,11-12,31H,7-10,13-14H2,1-2H3,(H2,25,32)(H3,26,27,28,29). The van der Waals surface area contributed by atoms with Crippen LogP contribution in [0.1, 0.15) is 32.6 Å². The number of phenols is 1. The summed E-state index contributed by atoms with van der Waals surface area (Å²) < 4.78 is 5.40. The Morgan fingerprint density at radius 3 is 2.45 bits per heavy atom. The number of anilines is 3. The Labute approximate surface area is 192 Å². The van der Waals surface area contributed by atoms with Gasteiger partial charge >= 0.3 is 0 Å². The fraction of sp³-hybridized carbons (Fsp3) is 0.333. The predicted molar refractivity (Wildman–Crippen MR) is 128 cm³/mol. The molecule has 174 valence electrons. The van der Waals surface area contributed by atoms with Crippen molar-refractivity contribution >= 4 is 23.2 Å². The highest BCUT2D eigenvalue weighted by molar-refractivity contribution is 6.03. The SMILES string of the molecule is Cc1cc(CNc2[nH]nc(Nc3ccc(CN4CCOCC4)cc3)c2C(N)=O)cc(C)c1O. The zero-order valence-electron chi connectivity index (χ0n) is 18.9. The number of phenolic OH excluding ortho intramolecular Hbond substituents is 1. The molecule has 3 aromatic rings. The summed E-state index contributed by atoms with van der Waals surface area (Å²) in [6.45, 7) is 8.45. The molecule has 1 fully saturated rings. The zero-order chi connectivity index (χ0) is 23.4. The van der Waals surface area contributed by atoms with Crippen LogP contribution in [0.15, 0.2) is 36.4 Å². The number of H-pyrrole nitrogens is 1. The summed E-state index contributed by atoms with van der Waals surface area (Å²) in [5.41, 5.74) is 10.5. The van der Waals surface area contributed by atoms with Crippen molar-refractivity contribution < 1.29 is 14.6 Å². The first-order chi connectivity index (χ1) is 15.9. The molecule has 9 heteroatoms. The van der Waals surface area contributed by atoms with Crippen molar-refractivity contribution in [3.05, 3.63) is 64.2 Å². The Bertz CT molecular complexity index is 1100. The number of rotatable bonds is 8. The quantitative estimate of drug-likeness (QED) is 0.357. The number of aryl methyl sites for hydroxylation is 2. The van der Waals surface area contributed by atoms with Gasteiger partial charge in [-0.2, -0.15) is 5.10 Å². The Morgan fingerprint density at radius 2 is 1.82 bits per heavy atom. The number of aromatic amines is 1. The second-order valence-corrected chi connectivity index (χ2v) is 8.33. The van der Waals surface area contributed by atoms with Gasteiger partial charge < -0.3 is 26.2 Å². The second-order valence-electron chi connectivity index (χ2n) is 8.33. The van der Waals surface area contributed by atoms with Crippen molar-refractivity contribution in [2.45, 2.75) is 26.9 Å². The topological polar surface area (TPSA) is 129 Å². The van der Waals surface area contributed by atoms with Crippen molar-refractivity contribution in [3.63, 3.8) is 0 Å². The first-order valence-corrected chi connectivity index (χ1v) is 11.0. The van der Waals surface area contributed by atoms with Crippen LogP contribution >= 0.6 is 0 Å². The largest absolute Gasteiger partial charge is 0.507 e. The molecule has 0 bridgehead atoms. The number of amides is 1. The Kier molecular flexibility index (Phi) is 6.81. The van der Waals surface area contributed by atoms with E-state index in [1.165, 1.54) is 5.56 Å². The number of morpholine rings is 1. The van der Waals surface area contributed by atoms with E-state index in [0.29, 0.717) is 23.9 Å². The summed E-state index contributed by atoms with van der Waals surface area (Å²) in [5.74, 6) is 0.512. The molecule has 1 aromatic heterocycles. The molecule has 2 heterocycles. The van der Waals surface area contributed by atoms with Crippen LogP contribution < -0.4 is 16.4 Å². The second kappa shape index (κ2) is 9.93. The number of benzene rings is 2. The summed E-state index contributed by atoms with van der Waals surface area (Å²) >= 11 is 0. The zero-order valence-corrected chi connectivity index (χ0v) is 18.9. The van der Waals surface area contributed by atoms with E-state index in [1.54, 1.807) is 0 Å². The van der Waals surface area contributed by atoms with Gasteiger partial charge in [0, 0.05) is 31.9 Å². The fourth-order valence-corrected chi connectivity index (χ4v) is 3.99. The molecule has 1 aliphatic heterocycles. The van der Waals surface area contributed by atoms with Gasteiger partial charge in [-0.15, -0.1) is 0 Å². The molecule has 1 saturated heterocycles. The third kappa shape index (κ3) is 5.44. The van der Waals surface area contributed by atoms with Gasteiger partial charge in [-0.1, -0.05) is 24.3 Å². The molecule has 0 aliphatic carbocycles. The van der Waals surface area contributed by atoms with Crippen LogP contribution in [0, 0.1) is 13.8 Å². The highest BCUT2D eigenvalue weighted by Crippen LogP contribution is 2.27. The van der Waals surface area contributed by atoms with Crippen LogP contribution in [0.4, 0.5) is 17.3 Å². The molecule has 6 N–H and O–H groups in total. The first-order valence-electron chi connectivity index (χ1n) is 11.0. The van der Waals surface area contributed by atoms with E-state index in [9.17, 15) is 9.90 Å². The molecule has 4 rings (SSSR count). The van der Waals surface area contributed by atoms with Gasteiger partial charge in [-0.05, 0) is 48.2 Å². The van der Waals surface area contributed by atoms with Crippen LogP contribution in [0.5, 0.6) is 5.75 Å². The third-order valence-corrected chi connectivity index (χ3v) is 5.76. The minimum absolute atomic E-state index is 0.264. The van der Waals surface area contributed by atoms with Crippen molar-refractivity contribution in [2.75, 3.05) is 36.9 Å². The van der Waals surface area contributed by atoms with Gasteiger partial charge in [0.2, 0.25) is 0 Å². The first kappa shape index (κ1) is 22.6. The summed E-state index contributed by atoms with van der Waals surface area (Å²) in [6, 6.07) is 11.8. The van der Waals surface area contributed by atoms with E-state index in [4.69, 9.17) is 10.5 Å². The van der Waals surface area contributed by atoms with Crippen LogP contribution in [0.2, 0.25) is 0 Å². The van der Waals surface area contributed by atoms with E-state index < -0.39 is 5.91 Å². The molecule has 0 saturated carbocycles. The van der Waals surface area contributed by atoms with Crippen molar-refractivity contribution in [3.8, 4) is 5.75 Å². The average molecular weight is 451 g/mol. The summed E-state index contributed by atoms with van der Waals surface area (Å²) in [4.78, 5) is 14.5. The molecule has 1 amide bonds. The smallest absolute Gasteiger partial charge is 0.256 e. The lowest BCUT2D eigenvalue weighted by molar-refractivity contribution is 0.0342. The van der Waals surface area contributed by atoms with Gasteiger partial charge in [-0.3, -0.25) is 14.8 Å². The van der Waals surface area contributed by atoms with E-state index in [-0.39, 0.29) is 5.56 Å². The number of primary amides is 1. The number of nitrogens with zero attached hydrogens (tertiary/aromatic N) is 2. The maximum absolute atomic E-state index is 12.2.